The molecule has 0 saturated heterocycles. The van der Waals surface area contributed by atoms with Crippen LogP contribution in [0.1, 0.15) is 13.3 Å². The molecule has 1 aliphatic rings. The summed E-state index contributed by atoms with van der Waals surface area (Å²) >= 11 is 0. The molecule has 0 spiro atoms. The van der Waals surface area contributed by atoms with Crippen molar-refractivity contribution in [2.75, 3.05) is 0 Å². The van der Waals surface area contributed by atoms with Crippen molar-refractivity contribution >= 4 is 30.4 Å². The van der Waals surface area contributed by atoms with Gasteiger partial charge in [-0.2, -0.15) is 0 Å². The van der Waals surface area contributed by atoms with E-state index in [9.17, 15) is 17.3 Å². The van der Waals surface area contributed by atoms with Crippen molar-refractivity contribution in [2.45, 2.75) is 19.0 Å². The van der Waals surface area contributed by atoms with E-state index in [1.54, 1.807) is 0 Å². The maximum atomic E-state index is 9.75. The van der Waals surface area contributed by atoms with Gasteiger partial charge < -0.3 is 17.3 Å². The first-order valence-electron chi connectivity index (χ1n) is 9.26. The van der Waals surface area contributed by atoms with Crippen LogP contribution in [0.4, 0.5) is 17.3 Å². The molecule has 28 heavy (non-hydrogen) atoms. The third-order valence-corrected chi connectivity index (χ3v) is 10.1. The van der Waals surface area contributed by atoms with Crippen LogP contribution in [0.15, 0.2) is 91.0 Å². The third kappa shape index (κ3) is 4.64. The minimum Gasteiger partial charge on any atom is -0.418 e. The Morgan fingerprint density at radius 3 is 1.11 bits per heavy atom. The molecule has 146 valence electrons. The summed E-state index contributed by atoms with van der Waals surface area (Å²) in [6.07, 6.45) is 1.34. The van der Waals surface area contributed by atoms with Gasteiger partial charge in [-0.3, -0.25) is 0 Å². The van der Waals surface area contributed by atoms with Gasteiger partial charge in [-0.1, -0.05) is 61.5 Å². The van der Waals surface area contributed by atoms with Gasteiger partial charge in [0, 0.05) is 0 Å². The lowest BCUT2D eigenvalue weighted by Crippen LogP contribution is -2.34. The van der Waals surface area contributed by atoms with Gasteiger partial charge in [0.2, 0.25) is 0 Å². The molecule has 0 aromatic heterocycles. The Balaban J connectivity index is 0.000000403. The van der Waals surface area contributed by atoms with Crippen LogP contribution in [-0.2, 0) is 0 Å². The molecular weight excluding hydrogens is 382 g/mol. The number of rotatable bonds is 4. The van der Waals surface area contributed by atoms with Gasteiger partial charge >= 0.3 is 7.25 Å². The van der Waals surface area contributed by atoms with Crippen molar-refractivity contribution < 1.29 is 17.3 Å². The minimum atomic E-state index is -6.00. The Morgan fingerprint density at radius 2 is 0.893 bits per heavy atom. The molecule has 0 nitrogen and oxygen atoms in total. The van der Waals surface area contributed by atoms with Crippen LogP contribution in [0.3, 0.4) is 0 Å². The monoisotopic (exact) mass is 404 g/mol. The minimum absolute atomic E-state index is 0.773. The molecule has 0 radical (unpaired) electrons. The largest absolute Gasteiger partial charge is 0.673 e. The first kappa shape index (κ1) is 20.6. The van der Waals surface area contributed by atoms with Crippen LogP contribution >= 0.6 is 7.26 Å². The highest BCUT2D eigenvalue weighted by Crippen LogP contribution is 2.69. The zero-order chi connectivity index (χ0) is 20.2. The fourth-order valence-corrected chi connectivity index (χ4v) is 9.24. The van der Waals surface area contributed by atoms with Crippen LogP contribution < -0.4 is 15.9 Å². The molecule has 0 N–H and O–H groups in total. The average molecular weight is 404 g/mol. The van der Waals surface area contributed by atoms with Crippen LogP contribution in [0.25, 0.3) is 0 Å². The van der Waals surface area contributed by atoms with Crippen molar-refractivity contribution in [3.05, 3.63) is 91.0 Å². The van der Waals surface area contributed by atoms with Crippen molar-refractivity contribution in [3.63, 3.8) is 0 Å². The van der Waals surface area contributed by atoms with Gasteiger partial charge in [0.05, 0.1) is 5.66 Å². The first-order valence-corrected chi connectivity index (χ1v) is 11.1. The molecule has 0 bridgehead atoms. The molecule has 3 aromatic carbocycles. The molecule has 0 unspecified atom stereocenters. The second-order valence-corrected chi connectivity index (χ2v) is 10.7. The molecule has 4 rings (SSSR count). The normalized spacial score (nSPS) is 18.8. The maximum Gasteiger partial charge on any atom is 0.673 e. The van der Waals surface area contributed by atoms with E-state index < -0.39 is 14.5 Å². The lowest BCUT2D eigenvalue weighted by molar-refractivity contribution is 0.368. The van der Waals surface area contributed by atoms with Crippen molar-refractivity contribution in [2.24, 2.45) is 5.92 Å². The number of benzene rings is 3. The van der Waals surface area contributed by atoms with Crippen LogP contribution in [0.5, 0.6) is 0 Å². The maximum absolute atomic E-state index is 9.75. The molecule has 6 heteroatoms. The van der Waals surface area contributed by atoms with E-state index in [2.05, 4.69) is 97.9 Å². The standard InChI is InChI=1S/C22H22P.BF4/c1-18-17-22(18)23(19-11-5-2-6-12-19,20-13-7-3-8-14-20)21-15-9-4-10-16-21;2-1(3,4)5/h2-16,18,22H,17H2,1H3;/q+1;-1/t18-,22-;/m0./s1. The fraction of sp³-hybridized carbons (Fsp3) is 0.182. The van der Waals surface area contributed by atoms with E-state index in [-0.39, 0.29) is 0 Å². The van der Waals surface area contributed by atoms with Crippen molar-refractivity contribution in [3.8, 4) is 0 Å². The summed E-state index contributed by atoms with van der Waals surface area (Å²) in [6.45, 7) is 2.41. The quantitative estimate of drug-likeness (QED) is 0.298. The molecule has 0 amide bonds. The van der Waals surface area contributed by atoms with Crippen molar-refractivity contribution in [1.82, 2.24) is 0 Å². The summed E-state index contributed by atoms with van der Waals surface area (Å²) in [5.41, 5.74) is 0.773. The van der Waals surface area contributed by atoms with Gasteiger partial charge in [-0.25, -0.2) is 0 Å². The van der Waals surface area contributed by atoms with Crippen LogP contribution in [-0.4, -0.2) is 12.9 Å². The van der Waals surface area contributed by atoms with Crippen molar-refractivity contribution in [1.29, 1.82) is 0 Å². The Bertz CT molecular complexity index is 767. The summed E-state index contributed by atoms with van der Waals surface area (Å²) < 4.78 is 39.0. The topological polar surface area (TPSA) is 0 Å². The molecular formula is C22H22BF4P. The molecule has 1 aliphatic carbocycles. The number of hydrogen-bond donors (Lipinski definition) is 0. The Kier molecular flexibility index (Phi) is 6.25. The summed E-state index contributed by atoms with van der Waals surface area (Å²) in [4.78, 5) is 0. The second-order valence-electron chi connectivity index (χ2n) is 7.00. The summed E-state index contributed by atoms with van der Waals surface area (Å²) in [5, 5.41) is 4.56. The Hall–Kier alpha value is -2.13. The van der Waals surface area contributed by atoms with Gasteiger partial charge in [0.15, 0.2) is 0 Å². The predicted octanol–water partition coefficient (Wildman–Crippen LogP) is 5.69. The van der Waals surface area contributed by atoms with Crippen LogP contribution in [0, 0.1) is 5.92 Å². The SMILES string of the molecule is C[C@H]1C[C@@H]1[P+](c1ccccc1)(c1ccccc1)c1ccccc1.F[B-](F)(F)F. The van der Waals surface area contributed by atoms with E-state index in [4.69, 9.17) is 0 Å². The van der Waals surface area contributed by atoms with Gasteiger partial charge in [-0.15, -0.1) is 0 Å². The highest BCUT2D eigenvalue weighted by molar-refractivity contribution is 7.96. The summed E-state index contributed by atoms with van der Waals surface area (Å²) in [6, 6.07) is 33.6. The summed E-state index contributed by atoms with van der Waals surface area (Å²) in [7, 11) is -7.57. The average Bonchev–Trinajstić information content (AvgIpc) is 3.41. The molecule has 3 aromatic rings. The van der Waals surface area contributed by atoms with E-state index in [1.807, 2.05) is 0 Å². The Morgan fingerprint density at radius 1 is 0.643 bits per heavy atom. The number of hydrogen-bond acceptors (Lipinski definition) is 0. The molecule has 0 aliphatic heterocycles. The van der Waals surface area contributed by atoms with E-state index in [0.29, 0.717) is 0 Å². The molecule has 1 saturated carbocycles. The van der Waals surface area contributed by atoms with Crippen LogP contribution in [0.2, 0.25) is 0 Å². The first-order chi connectivity index (χ1) is 13.3. The highest BCUT2D eigenvalue weighted by Gasteiger charge is 2.61. The second kappa shape index (κ2) is 8.49. The lowest BCUT2D eigenvalue weighted by Gasteiger charge is -2.28. The third-order valence-electron chi connectivity index (χ3n) is 5.05. The highest BCUT2D eigenvalue weighted by atomic mass is 31.2. The predicted molar refractivity (Wildman–Crippen MR) is 113 cm³/mol. The van der Waals surface area contributed by atoms with Gasteiger partial charge in [-0.05, 0) is 48.7 Å². The van der Waals surface area contributed by atoms with E-state index in [1.165, 1.54) is 22.3 Å². The van der Waals surface area contributed by atoms with Gasteiger partial charge in [0.1, 0.15) is 23.2 Å². The fourth-order valence-electron chi connectivity index (χ4n) is 3.85. The van der Waals surface area contributed by atoms with E-state index >= 15 is 0 Å². The number of halogens is 4. The smallest absolute Gasteiger partial charge is 0.418 e. The molecule has 0 heterocycles. The molecule has 2 atom stereocenters. The molecule has 1 fully saturated rings. The van der Waals surface area contributed by atoms with Gasteiger partial charge in [0.25, 0.3) is 0 Å². The van der Waals surface area contributed by atoms with E-state index in [0.717, 1.165) is 11.6 Å². The zero-order valence-corrected chi connectivity index (χ0v) is 16.5. The summed E-state index contributed by atoms with van der Waals surface area (Å²) in [5.74, 6) is 0.809. The lowest BCUT2D eigenvalue weighted by atomic mass is 10.3. The zero-order valence-electron chi connectivity index (χ0n) is 15.6. The Labute approximate surface area is 164 Å².